The molecule has 0 bridgehead atoms. The highest BCUT2D eigenvalue weighted by Crippen LogP contribution is 2.34. The smallest absolute Gasteiger partial charge is 0.229 e. The van der Waals surface area contributed by atoms with Gasteiger partial charge in [0.15, 0.2) is 0 Å². The monoisotopic (exact) mass is 356 g/mol. The van der Waals surface area contributed by atoms with Gasteiger partial charge in [0.1, 0.15) is 0 Å². The van der Waals surface area contributed by atoms with Gasteiger partial charge in [0.25, 0.3) is 0 Å². The number of likely N-dealkylation sites (tertiary alicyclic amines) is 1. The van der Waals surface area contributed by atoms with Crippen molar-refractivity contribution in [1.29, 1.82) is 0 Å². The molecule has 2 aromatic rings. The zero-order chi connectivity index (χ0) is 17.8. The summed E-state index contributed by atoms with van der Waals surface area (Å²) in [7, 11) is 0. The van der Waals surface area contributed by atoms with Crippen LogP contribution >= 0.6 is 11.6 Å². The van der Waals surface area contributed by atoms with E-state index in [2.05, 4.69) is 5.32 Å². The minimum Gasteiger partial charge on any atom is -0.335 e. The Hall–Kier alpha value is -2.33. The zero-order valence-corrected chi connectivity index (χ0v) is 14.9. The van der Waals surface area contributed by atoms with Crippen LogP contribution in [-0.2, 0) is 9.59 Å². The third-order valence-corrected chi connectivity index (χ3v) is 4.87. The molecule has 2 amide bonds. The normalized spacial score (nSPS) is 20.2. The fourth-order valence-electron chi connectivity index (χ4n) is 3.37. The molecule has 0 aliphatic carbocycles. The lowest BCUT2D eigenvalue weighted by Crippen LogP contribution is -2.44. The quantitative estimate of drug-likeness (QED) is 0.892. The second-order valence-electron chi connectivity index (χ2n) is 6.37. The highest BCUT2D eigenvalue weighted by atomic mass is 35.5. The van der Waals surface area contributed by atoms with E-state index in [1.807, 2.05) is 36.4 Å². The summed E-state index contributed by atoms with van der Waals surface area (Å²) in [5, 5.41) is 3.48. The third-order valence-electron chi connectivity index (χ3n) is 4.63. The number of amides is 2. The summed E-state index contributed by atoms with van der Waals surface area (Å²) in [4.78, 5) is 26.5. The van der Waals surface area contributed by atoms with Gasteiger partial charge in [-0.25, -0.2) is 0 Å². The van der Waals surface area contributed by atoms with Gasteiger partial charge in [0, 0.05) is 24.2 Å². The molecule has 3 rings (SSSR count). The van der Waals surface area contributed by atoms with Crippen molar-refractivity contribution < 1.29 is 9.59 Å². The summed E-state index contributed by atoms with van der Waals surface area (Å²) in [5.74, 6) is -0.294. The fraction of sp³-hybridized carbons (Fsp3) is 0.300. The Balaban J connectivity index is 1.71. The lowest BCUT2D eigenvalue weighted by molar-refractivity contribution is -0.135. The van der Waals surface area contributed by atoms with Crippen molar-refractivity contribution in [2.45, 2.75) is 25.8 Å². The van der Waals surface area contributed by atoms with Gasteiger partial charge in [-0.3, -0.25) is 9.59 Å². The first-order valence-electron chi connectivity index (χ1n) is 8.43. The van der Waals surface area contributed by atoms with Crippen molar-refractivity contribution in [2.24, 2.45) is 5.92 Å². The molecule has 1 saturated heterocycles. The van der Waals surface area contributed by atoms with E-state index in [4.69, 9.17) is 11.6 Å². The molecule has 25 heavy (non-hydrogen) atoms. The van der Waals surface area contributed by atoms with Crippen LogP contribution in [-0.4, -0.2) is 23.3 Å². The van der Waals surface area contributed by atoms with Crippen LogP contribution < -0.4 is 5.32 Å². The number of hydrogen-bond acceptors (Lipinski definition) is 2. The van der Waals surface area contributed by atoms with E-state index in [9.17, 15) is 9.59 Å². The van der Waals surface area contributed by atoms with Gasteiger partial charge in [0.2, 0.25) is 11.8 Å². The number of carbonyl (C=O) groups is 2. The van der Waals surface area contributed by atoms with E-state index in [1.54, 1.807) is 30.0 Å². The maximum Gasteiger partial charge on any atom is 0.229 e. The van der Waals surface area contributed by atoms with E-state index >= 15 is 0 Å². The van der Waals surface area contributed by atoms with Crippen molar-refractivity contribution in [3.8, 4) is 0 Å². The van der Waals surface area contributed by atoms with Gasteiger partial charge in [-0.05, 0) is 36.6 Å². The van der Waals surface area contributed by atoms with Gasteiger partial charge in [-0.15, -0.1) is 0 Å². The van der Waals surface area contributed by atoms with Gasteiger partial charge < -0.3 is 10.2 Å². The summed E-state index contributed by atoms with van der Waals surface area (Å²) in [6.45, 7) is 1.99. The molecule has 1 heterocycles. The number of halogens is 1. The van der Waals surface area contributed by atoms with Crippen molar-refractivity contribution in [1.82, 2.24) is 4.90 Å². The molecule has 0 spiro atoms. The van der Waals surface area contributed by atoms with Crippen molar-refractivity contribution >= 4 is 29.1 Å². The largest absolute Gasteiger partial charge is 0.335 e. The van der Waals surface area contributed by atoms with Crippen molar-refractivity contribution in [3.05, 3.63) is 65.2 Å². The summed E-state index contributed by atoms with van der Waals surface area (Å²) in [5.41, 5.74) is 1.79. The van der Waals surface area contributed by atoms with Crippen molar-refractivity contribution in [2.75, 3.05) is 11.9 Å². The van der Waals surface area contributed by atoms with Gasteiger partial charge in [0.05, 0.1) is 12.0 Å². The Morgan fingerprint density at radius 2 is 1.84 bits per heavy atom. The second-order valence-corrected chi connectivity index (χ2v) is 6.81. The van der Waals surface area contributed by atoms with Gasteiger partial charge >= 0.3 is 0 Å². The van der Waals surface area contributed by atoms with Crippen LogP contribution in [0.25, 0.3) is 0 Å². The maximum absolute atomic E-state index is 12.6. The lowest BCUT2D eigenvalue weighted by Gasteiger charge is -2.39. The van der Waals surface area contributed by atoms with E-state index in [0.717, 1.165) is 18.4 Å². The highest BCUT2D eigenvalue weighted by molar-refractivity contribution is 6.30. The van der Waals surface area contributed by atoms with E-state index < -0.39 is 0 Å². The van der Waals surface area contributed by atoms with Crippen molar-refractivity contribution in [3.63, 3.8) is 0 Å². The molecule has 2 atom stereocenters. The molecule has 4 nitrogen and oxygen atoms in total. The zero-order valence-electron chi connectivity index (χ0n) is 14.1. The molecule has 1 fully saturated rings. The average Bonchev–Trinajstić information content (AvgIpc) is 2.62. The van der Waals surface area contributed by atoms with Gasteiger partial charge in [-0.2, -0.15) is 0 Å². The van der Waals surface area contributed by atoms with Crippen LogP contribution in [0.15, 0.2) is 54.6 Å². The molecular weight excluding hydrogens is 336 g/mol. The number of nitrogens with one attached hydrogen (secondary N) is 1. The Bertz CT molecular complexity index is 763. The third kappa shape index (κ3) is 4.20. The topological polar surface area (TPSA) is 49.4 Å². The predicted molar refractivity (Wildman–Crippen MR) is 99.4 cm³/mol. The Labute approximate surface area is 152 Å². The molecular formula is C20H21ClN2O2. The highest BCUT2D eigenvalue weighted by Gasteiger charge is 2.34. The Kier molecular flexibility index (Phi) is 5.39. The molecule has 1 aliphatic rings. The number of hydrogen-bond donors (Lipinski definition) is 1. The van der Waals surface area contributed by atoms with Crippen LogP contribution in [0, 0.1) is 5.92 Å². The number of rotatable bonds is 3. The molecule has 1 N–H and O–H groups in total. The van der Waals surface area contributed by atoms with Crippen LogP contribution in [0.3, 0.4) is 0 Å². The number of nitrogens with zero attached hydrogens (tertiary/aromatic N) is 1. The predicted octanol–water partition coefficient (Wildman–Crippen LogP) is 4.28. The second kappa shape index (κ2) is 7.70. The molecule has 5 heteroatoms. The summed E-state index contributed by atoms with van der Waals surface area (Å²) in [6.07, 6.45) is 1.52. The first-order chi connectivity index (χ1) is 12.0. The number of carbonyl (C=O) groups excluding carboxylic acids is 2. The fourth-order valence-corrected chi connectivity index (χ4v) is 3.56. The molecule has 0 saturated carbocycles. The molecule has 0 aromatic heterocycles. The number of piperidine rings is 1. The Morgan fingerprint density at radius 1 is 1.08 bits per heavy atom. The SMILES string of the molecule is CC(=O)N1CC(C(=O)Nc2cccc(Cl)c2)CCC1c1ccccc1. The summed E-state index contributed by atoms with van der Waals surface area (Å²) < 4.78 is 0. The van der Waals surface area contributed by atoms with E-state index in [1.165, 1.54) is 0 Å². The first kappa shape index (κ1) is 17.5. The van der Waals surface area contributed by atoms with Crippen LogP contribution in [0.4, 0.5) is 5.69 Å². The molecule has 2 unspecified atom stereocenters. The molecule has 130 valence electrons. The van der Waals surface area contributed by atoms with Crippen LogP contribution in [0.2, 0.25) is 5.02 Å². The Morgan fingerprint density at radius 3 is 2.52 bits per heavy atom. The standard InChI is InChI=1S/C20H21ClN2O2/c1-14(24)23-13-16(10-11-19(23)15-6-3-2-4-7-15)20(25)22-18-9-5-8-17(21)12-18/h2-9,12,16,19H,10-11,13H2,1H3,(H,22,25). The number of benzene rings is 2. The van der Waals surface area contributed by atoms with Gasteiger partial charge in [-0.1, -0.05) is 48.0 Å². The minimum absolute atomic E-state index is 0.00545. The lowest BCUT2D eigenvalue weighted by atomic mass is 9.88. The van der Waals surface area contributed by atoms with E-state index in [0.29, 0.717) is 17.3 Å². The molecule has 0 radical (unpaired) electrons. The van der Waals surface area contributed by atoms with Crippen LogP contribution in [0.5, 0.6) is 0 Å². The summed E-state index contributed by atoms with van der Waals surface area (Å²) >= 11 is 5.96. The summed E-state index contributed by atoms with van der Waals surface area (Å²) in [6, 6.07) is 17.1. The van der Waals surface area contributed by atoms with E-state index in [-0.39, 0.29) is 23.8 Å². The first-order valence-corrected chi connectivity index (χ1v) is 8.81. The average molecular weight is 357 g/mol. The number of anilines is 1. The minimum atomic E-state index is -0.220. The molecule has 2 aromatic carbocycles. The maximum atomic E-state index is 12.6. The van der Waals surface area contributed by atoms with Crippen LogP contribution in [0.1, 0.15) is 31.4 Å². The molecule has 1 aliphatic heterocycles.